The number of carbonyl (C=O) groups excluding carboxylic acids is 1. The van der Waals surface area contributed by atoms with E-state index in [1.165, 1.54) is 33.9 Å². The molecule has 0 aliphatic heterocycles. The van der Waals surface area contributed by atoms with E-state index in [4.69, 9.17) is 0 Å². The van der Waals surface area contributed by atoms with E-state index in [1.54, 1.807) is 12.1 Å². The van der Waals surface area contributed by atoms with Crippen LogP contribution in [0.3, 0.4) is 0 Å². The van der Waals surface area contributed by atoms with E-state index in [-0.39, 0.29) is 4.90 Å². The highest BCUT2D eigenvalue weighted by atomic mass is 32.2. The number of rotatable bonds is 4. The molecule has 0 fully saturated rings. The van der Waals surface area contributed by atoms with Gasteiger partial charge in [0.2, 0.25) is 0 Å². The van der Waals surface area contributed by atoms with E-state index in [9.17, 15) is 13.2 Å². The molecule has 1 amide bonds. The Hall–Kier alpha value is -1.70. The zero-order chi connectivity index (χ0) is 17.3. The van der Waals surface area contributed by atoms with Crippen LogP contribution in [0.4, 0.5) is 0 Å². The molecule has 3 rings (SSSR count). The first-order chi connectivity index (χ1) is 11.3. The van der Waals surface area contributed by atoms with Crippen molar-refractivity contribution in [2.75, 3.05) is 0 Å². The number of nitrogens with one attached hydrogen (secondary N) is 2. The number of hydrogen-bond donors (Lipinski definition) is 2. The lowest BCUT2D eigenvalue weighted by molar-refractivity contribution is 0.0949. The summed E-state index contributed by atoms with van der Waals surface area (Å²) in [5, 5.41) is 0. The molecule has 0 spiro atoms. The predicted molar refractivity (Wildman–Crippen MR) is 94.5 cm³/mol. The summed E-state index contributed by atoms with van der Waals surface area (Å²) in [6.45, 7) is 4.08. The second kappa shape index (κ2) is 6.66. The van der Waals surface area contributed by atoms with Gasteiger partial charge in [0.15, 0.2) is 0 Å². The summed E-state index contributed by atoms with van der Waals surface area (Å²) in [6.07, 6.45) is 3.10. The first-order valence-electron chi connectivity index (χ1n) is 7.85. The van der Waals surface area contributed by atoms with Crippen molar-refractivity contribution in [3.05, 3.63) is 51.2 Å². The number of sulfonamides is 1. The van der Waals surface area contributed by atoms with Gasteiger partial charge in [0.1, 0.15) is 0 Å². The molecule has 5 nitrogen and oxygen atoms in total. The molecule has 0 unspecified atom stereocenters. The van der Waals surface area contributed by atoms with E-state index < -0.39 is 15.9 Å². The number of hydrogen-bond acceptors (Lipinski definition) is 4. The highest BCUT2D eigenvalue weighted by molar-refractivity contribution is 7.89. The van der Waals surface area contributed by atoms with Crippen LogP contribution in [0.5, 0.6) is 0 Å². The Morgan fingerprint density at radius 2 is 1.96 bits per heavy atom. The Labute approximate surface area is 146 Å². The number of fused-ring (bicyclic) bond motifs is 1. The van der Waals surface area contributed by atoms with Gasteiger partial charge in [0.25, 0.3) is 15.9 Å². The van der Waals surface area contributed by atoms with Crippen molar-refractivity contribution in [3.63, 3.8) is 0 Å². The minimum absolute atomic E-state index is 0.118. The number of aryl methyl sites for hydroxylation is 2. The topological polar surface area (TPSA) is 75.3 Å². The highest BCUT2D eigenvalue weighted by Crippen LogP contribution is 2.32. The summed E-state index contributed by atoms with van der Waals surface area (Å²) >= 11 is 1.45. The lowest BCUT2D eigenvalue weighted by Crippen LogP contribution is -2.41. The summed E-state index contributed by atoms with van der Waals surface area (Å²) in [6, 6.07) is 8.32. The molecule has 1 aromatic heterocycles. The van der Waals surface area contributed by atoms with Gasteiger partial charge in [-0.15, -0.1) is 16.2 Å². The van der Waals surface area contributed by atoms with E-state index in [0.29, 0.717) is 10.8 Å². The fraction of sp³-hybridized carbons (Fsp3) is 0.353. The van der Waals surface area contributed by atoms with Crippen molar-refractivity contribution in [3.8, 4) is 0 Å². The number of amides is 1. The Morgan fingerprint density at radius 3 is 2.67 bits per heavy atom. The smallest absolute Gasteiger partial charge is 0.273 e. The molecule has 24 heavy (non-hydrogen) atoms. The van der Waals surface area contributed by atoms with E-state index in [1.807, 2.05) is 13.0 Å². The number of hydrazine groups is 1. The van der Waals surface area contributed by atoms with Crippen molar-refractivity contribution in [2.24, 2.45) is 5.92 Å². The summed E-state index contributed by atoms with van der Waals surface area (Å²) in [4.78, 5) is 16.3. The van der Waals surface area contributed by atoms with E-state index in [2.05, 4.69) is 17.2 Å². The molecule has 2 N–H and O–H groups in total. The van der Waals surface area contributed by atoms with Crippen LogP contribution in [0.25, 0.3) is 0 Å². The van der Waals surface area contributed by atoms with Crippen LogP contribution in [-0.2, 0) is 22.9 Å². The minimum atomic E-state index is -3.77. The summed E-state index contributed by atoms with van der Waals surface area (Å²) in [5.41, 5.74) is 4.49. The molecule has 1 aromatic carbocycles. The molecular formula is C17H20N2O3S2. The second-order valence-corrected chi connectivity index (χ2v) is 9.10. The molecule has 7 heteroatoms. The van der Waals surface area contributed by atoms with Crippen LogP contribution in [0.15, 0.2) is 35.2 Å². The first-order valence-corrected chi connectivity index (χ1v) is 10.2. The first kappa shape index (κ1) is 17.1. The number of carbonyl (C=O) groups is 1. The van der Waals surface area contributed by atoms with Gasteiger partial charge in [0.05, 0.1) is 9.77 Å². The molecule has 2 aromatic rings. The molecule has 1 heterocycles. The molecule has 0 bridgehead atoms. The van der Waals surface area contributed by atoms with Crippen LogP contribution < -0.4 is 10.3 Å². The Morgan fingerprint density at radius 1 is 1.25 bits per heavy atom. The zero-order valence-electron chi connectivity index (χ0n) is 13.6. The van der Waals surface area contributed by atoms with Crippen molar-refractivity contribution >= 4 is 27.3 Å². The van der Waals surface area contributed by atoms with Crippen molar-refractivity contribution in [1.82, 2.24) is 10.3 Å². The molecule has 1 aliphatic rings. The van der Waals surface area contributed by atoms with Gasteiger partial charge in [-0.25, -0.2) is 8.42 Å². The van der Waals surface area contributed by atoms with E-state index in [0.717, 1.165) is 24.8 Å². The van der Waals surface area contributed by atoms with Crippen LogP contribution in [0.2, 0.25) is 0 Å². The molecule has 1 aliphatic carbocycles. The van der Waals surface area contributed by atoms with Crippen molar-refractivity contribution in [1.29, 1.82) is 0 Å². The molecule has 0 saturated heterocycles. The minimum Gasteiger partial charge on any atom is -0.273 e. The van der Waals surface area contributed by atoms with Crippen LogP contribution in [-0.4, -0.2) is 14.3 Å². The second-order valence-electron chi connectivity index (χ2n) is 6.28. The average molecular weight is 364 g/mol. The van der Waals surface area contributed by atoms with Gasteiger partial charge >= 0.3 is 0 Å². The summed E-state index contributed by atoms with van der Waals surface area (Å²) in [7, 11) is -3.77. The molecule has 1 atom stereocenters. The fourth-order valence-electron chi connectivity index (χ4n) is 2.77. The maximum atomic E-state index is 12.2. The molecule has 0 saturated carbocycles. The van der Waals surface area contributed by atoms with Crippen molar-refractivity contribution < 1.29 is 13.2 Å². The van der Waals surface area contributed by atoms with Gasteiger partial charge in [-0.3, -0.25) is 10.2 Å². The predicted octanol–water partition coefficient (Wildman–Crippen LogP) is 2.80. The lowest BCUT2D eigenvalue weighted by Gasteiger charge is -2.16. The summed E-state index contributed by atoms with van der Waals surface area (Å²) < 4.78 is 24.4. The highest BCUT2D eigenvalue weighted by Gasteiger charge is 2.22. The van der Waals surface area contributed by atoms with Gasteiger partial charge < -0.3 is 0 Å². The monoisotopic (exact) mass is 364 g/mol. The van der Waals surface area contributed by atoms with Gasteiger partial charge in [-0.1, -0.05) is 24.6 Å². The average Bonchev–Trinajstić information content (AvgIpc) is 2.96. The number of benzene rings is 1. The Kier molecular flexibility index (Phi) is 4.76. The Balaban J connectivity index is 1.68. The van der Waals surface area contributed by atoms with Crippen LogP contribution in [0, 0.1) is 12.8 Å². The van der Waals surface area contributed by atoms with Crippen LogP contribution in [0.1, 0.15) is 39.0 Å². The molecule has 0 radical (unpaired) electrons. The third kappa shape index (κ3) is 3.68. The van der Waals surface area contributed by atoms with Gasteiger partial charge in [-0.2, -0.15) is 0 Å². The maximum absolute atomic E-state index is 12.2. The lowest BCUT2D eigenvalue weighted by atomic mass is 9.90. The molecular weight excluding hydrogens is 344 g/mol. The third-order valence-electron chi connectivity index (χ3n) is 4.18. The van der Waals surface area contributed by atoms with Gasteiger partial charge in [0, 0.05) is 4.88 Å². The standard InChI is InChI=1S/C17H20N2O3S2/c1-11-3-6-14(7-4-11)24(21,22)19-18-17(20)16-10-13-9-12(2)5-8-15(13)23-16/h3-4,6-7,10,12,19H,5,8-9H2,1-2H3,(H,18,20)/t12-/m1/s1. The quantitative estimate of drug-likeness (QED) is 0.819. The van der Waals surface area contributed by atoms with Crippen LogP contribution >= 0.6 is 11.3 Å². The number of thiophene rings is 1. The molecule has 128 valence electrons. The largest absolute Gasteiger partial charge is 0.276 e. The summed E-state index contributed by atoms with van der Waals surface area (Å²) in [5.74, 6) is 0.209. The fourth-order valence-corrected chi connectivity index (χ4v) is 4.71. The normalized spacial score (nSPS) is 17.3. The SMILES string of the molecule is Cc1ccc(S(=O)(=O)NNC(=O)c2cc3c(s2)CC[C@@H](C)C3)cc1. The third-order valence-corrected chi connectivity index (χ3v) is 6.68. The Bertz CT molecular complexity index is 854. The van der Waals surface area contributed by atoms with E-state index >= 15 is 0 Å². The zero-order valence-corrected chi connectivity index (χ0v) is 15.3. The maximum Gasteiger partial charge on any atom is 0.276 e. The van der Waals surface area contributed by atoms with Gasteiger partial charge in [-0.05, 0) is 55.9 Å². The van der Waals surface area contributed by atoms with Crippen molar-refractivity contribution in [2.45, 2.75) is 38.0 Å².